The third kappa shape index (κ3) is 6.19. The molecule has 0 aliphatic rings. The number of nitrogens with one attached hydrogen (secondary N) is 2. The fraction of sp³-hybridized carbons (Fsp3) is 0.733. The molecule has 5 nitrogen and oxygen atoms in total. The third-order valence-electron chi connectivity index (χ3n) is 2.89. The molecule has 5 heteroatoms. The second-order valence-corrected chi connectivity index (χ2v) is 6.59. The highest BCUT2D eigenvalue weighted by Crippen LogP contribution is 2.12. The topological polar surface area (TPSA) is 59.0 Å². The van der Waals surface area contributed by atoms with Crippen LogP contribution in [0.25, 0.3) is 0 Å². The Hall–Kier alpha value is -1.36. The zero-order chi connectivity index (χ0) is 15.2. The molecule has 1 amide bonds. The first kappa shape index (κ1) is 16.7. The standard InChI is InChI=1S/C15H28N4O/c1-12(2)8-17-14(20)6-7-16-9-13-10-18-19(11-13)15(3,4)5/h10-12,16H,6-9H2,1-5H3,(H,17,20). The van der Waals surface area contributed by atoms with Crippen LogP contribution in [-0.2, 0) is 16.9 Å². The minimum Gasteiger partial charge on any atom is -0.356 e. The van der Waals surface area contributed by atoms with E-state index in [-0.39, 0.29) is 11.4 Å². The van der Waals surface area contributed by atoms with E-state index in [0.29, 0.717) is 18.9 Å². The van der Waals surface area contributed by atoms with Crippen molar-refractivity contribution < 1.29 is 4.79 Å². The van der Waals surface area contributed by atoms with Crippen molar-refractivity contribution in [2.24, 2.45) is 5.92 Å². The Labute approximate surface area is 122 Å². The number of hydrogen-bond donors (Lipinski definition) is 2. The largest absolute Gasteiger partial charge is 0.356 e. The number of rotatable bonds is 7. The molecule has 1 heterocycles. The van der Waals surface area contributed by atoms with Crippen LogP contribution >= 0.6 is 0 Å². The molecule has 0 radical (unpaired) electrons. The fourth-order valence-electron chi connectivity index (χ4n) is 1.66. The molecule has 0 bridgehead atoms. The van der Waals surface area contributed by atoms with E-state index in [4.69, 9.17) is 0 Å². The number of carbonyl (C=O) groups is 1. The minimum atomic E-state index is 0.00891. The van der Waals surface area contributed by atoms with Gasteiger partial charge in [-0.3, -0.25) is 9.48 Å². The second kappa shape index (κ2) is 7.43. The third-order valence-corrected chi connectivity index (χ3v) is 2.89. The molecule has 0 spiro atoms. The van der Waals surface area contributed by atoms with Gasteiger partial charge in [0, 0.05) is 37.8 Å². The Bertz CT molecular complexity index is 418. The van der Waals surface area contributed by atoms with Gasteiger partial charge in [-0.25, -0.2) is 0 Å². The van der Waals surface area contributed by atoms with E-state index in [9.17, 15) is 4.79 Å². The molecule has 1 rings (SSSR count). The summed E-state index contributed by atoms with van der Waals surface area (Å²) in [6.45, 7) is 12.7. The van der Waals surface area contributed by atoms with Gasteiger partial charge in [0.25, 0.3) is 0 Å². The lowest BCUT2D eigenvalue weighted by Gasteiger charge is -2.18. The molecule has 0 fully saturated rings. The SMILES string of the molecule is CC(C)CNC(=O)CCNCc1cnn(C(C)(C)C)c1. The van der Waals surface area contributed by atoms with Crippen molar-refractivity contribution in [1.29, 1.82) is 0 Å². The van der Waals surface area contributed by atoms with Gasteiger partial charge in [0.05, 0.1) is 11.7 Å². The maximum atomic E-state index is 11.5. The Morgan fingerprint density at radius 1 is 1.40 bits per heavy atom. The van der Waals surface area contributed by atoms with Gasteiger partial charge in [-0.05, 0) is 26.7 Å². The zero-order valence-electron chi connectivity index (χ0n) is 13.4. The second-order valence-electron chi connectivity index (χ2n) is 6.59. The summed E-state index contributed by atoms with van der Waals surface area (Å²) < 4.78 is 1.96. The van der Waals surface area contributed by atoms with Gasteiger partial charge in [0.15, 0.2) is 0 Å². The van der Waals surface area contributed by atoms with Gasteiger partial charge in [-0.15, -0.1) is 0 Å². The van der Waals surface area contributed by atoms with Crippen LogP contribution in [0.4, 0.5) is 0 Å². The molecule has 0 aromatic carbocycles. The number of aromatic nitrogens is 2. The van der Waals surface area contributed by atoms with Gasteiger partial charge in [0.2, 0.25) is 5.91 Å². The monoisotopic (exact) mass is 280 g/mol. The zero-order valence-corrected chi connectivity index (χ0v) is 13.4. The molecule has 0 atom stereocenters. The highest BCUT2D eigenvalue weighted by Gasteiger charge is 2.13. The minimum absolute atomic E-state index is 0.00891. The molecule has 114 valence electrons. The predicted octanol–water partition coefficient (Wildman–Crippen LogP) is 1.89. The molecule has 0 aliphatic heterocycles. The first-order chi connectivity index (χ1) is 9.29. The quantitative estimate of drug-likeness (QED) is 0.750. The summed E-state index contributed by atoms with van der Waals surface area (Å²) in [5.41, 5.74) is 1.15. The van der Waals surface area contributed by atoms with Crippen LogP contribution in [0.15, 0.2) is 12.4 Å². The average Bonchev–Trinajstić information content (AvgIpc) is 2.80. The van der Waals surface area contributed by atoms with Crippen LogP contribution in [0, 0.1) is 5.92 Å². The molecule has 2 N–H and O–H groups in total. The first-order valence-electron chi connectivity index (χ1n) is 7.30. The van der Waals surface area contributed by atoms with E-state index in [0.717, 1.165) is 18.7 Å². The average molecular weight is 280 g/mol. The maximum absolute atomic E-state index is 11.5. The summed E-state index contributed by atoms with van der Waals surface area (Å²) in [5, 5.41) is 10.5. The van der Waals surface area contributed by atoms with Crippen LogP contribution < -0.4 is 10.6 Å². The lowest BCUT2D eigenvalue weighted by molar-refractivity contribution is -0.121. The van der Waals surface area contributed by atoms with Crippen molar-refractivity contribution >= 4 is 5.91 Å². The fourth-order valence-corrected chi connectivity index (χ4v) is 1.66. The van der Waals surface area contributed by atoms with Crippen molar-refractivity contribution in [2.45, 2.75) is 53.1 Å². The van der Waals surface area contributed by atoms with Crippen molar-refractivity contribution in [1.82, 2.24) is 20.4 Å². The van der Waals surface area contributed by atoms with Gasteiger partial charge >= 0.3 is 0 Å². The van der Waals surface area contributed by atoms with E-state index in [1.54, 1.807) is 0 Å². The molecular formula is C15H28N4O. The highest BCUT2D eigenvalue weighted by atomic mass is 16.1. The number of hydrogen-bond acceptors (Lipinski definition) is 3. The number of carbonyl (C=O) groups excluding carboxylic acids is 1. The van der Waals surface area contributed by atoms with Gasteiger partial charge < -0.3 is 10.6 Å². The smallest absolute Gasteiger partial charge is 0.221 e. The molecule has 1 aromatic rings. The van der Waals surface area contributed by atoms with Crippen LogP contribution in [0.3, 0.4) is 0 Å². The van der Waals surface area contributed by atoms with Crippen LogP contribution in [0.2, 0.25) is 0 Å². The van der Waals surface area contributed by atoms with Crippen LogP contribution in [0.5, 0.6) is 0 Å². The normalized spacial score (nSPS) is 11.9. The molecule has 0 saturated heterocycles. The van der Waals surface area contributed by atoms with E-state index >= 15 is 0 Å². The van der Waals surface area contributed by atoms with E-state index in [1.807, 2.05) is 17.1 Å². The van der Waals surface area contributed by atoms with Gasteiger partial charge in [-0.1, -0.05) is 13.8 Å². The molecule has 0 aliphatic carbocycles. The summed E-state index contributed by atoms with van der Waals surface area (Å²) in [6, 6.07) is 0. The number of nitrogens with zero attached hydrogens (tertiary/aromatic N) is 2. The summed E-state index contributed by atoms with van der Waals surface area (Å²) >= 11 is 0. The summed E-state index contributed by atoms with van der Waals surface area (Å²) in [5.74, 6) is 0.603. The van der Waals surface area contributed by atoms with Crippen molar-refractivity contribution in [2.75, 3.05) is 13.1 Å². The van der Waals surface area contributed by atoms with Gasteiger partial charge in [-0.2, -0.15) is 5.10 Å². The Morgan fingerprint density at radius 2 is 2.10 bits per heavy atom. The lowest BCUT2D eigenvalue weighted by Crippen LogP contribution is -2.30. The summed E-state index contributed by atoms with van der Waals surface area (Å²) in [4.78, 5) is 11.5. The molecule has 0 unspecified atom stereocenters. The van der Waals surface area contributed by atoms with Crippen molar-refractivity contribution in [3.8, 4) is 0 Å². The Morgan fingerprint density at radius 3 is 2.65 bits per heavy atom. The van der Waals surface area contributed by atoms with Crippen LogP contribution in [0.1, 0.15) is 46.6 Å². The summed E-state index contributed by atoms with van der Waals surface area (Å²) in [7, 11) is 0. The van der Waals surface area contributed by atoms with Gasteiger partial charge in [0.1, 0.15) is 0 Å². The van der Waals surface area contributed by atoms with Crippen LogP contribution in [-0.4, -0.2) is 28.8 Å². The Kier molecular flexibility index (Phi) is 6.20. The van der Waals surface area contributed by atoms with Crippen molar-refractivity contribution in [3.05, 3.63) is 18.0 Å². The van der Waals surface area contributed by atoms with E-state index in [1.165, 1.54) is 0 Å². The maximum Gasteiger partial charge on any atom is 0.221 e. The lowest BCUT2D eigenvalue weighted by atomic mass is 10.1. The van der Waals surface area contributed by atoms with E-state index in [2.05, 4.69) is 50.4 Å². The van der Waals surface area contributed by atoms with Crippen molar-refractivity contribution in [3.63, 3.8) is 0 Å². The molecular weight excluding hydrogens is 252 g/mol. The first-order valence-corrected chi connectivity index (χ1v) is 7.30. The highest BCUT2D eigenvalue weighted by molar-refractivity contribution is 5.76. The number of amides is 1. The molecule has 20 heavy (non-hydrogen) atoms. The summed E-state index contributed by atoms with van der Waals surface area (Å²) in [6.07, 6.45) is 4.43. The molecule has 1 aromatic heterocycles. The predicted molar refractivity (Wildman–Crippen MR) is 81.4 cm³/mol. The Balaban J connectivity index is 2.21. The van der Waals surface area contributed by atoms with E-state index < -0.39 is 0 Å². The molecule has 0 saturated carbocycles.